The van der Waals surface area contributed by atoms with E-state index in [-0.39, 0.29) is 5.97 Å². The first kappa shape index (κ1) is 21.4. The van der Waals surface area contributed by atoms with Gasteiger partial charge in [0.25, 0.3) is 0 Å². The minimum absolute atomic E-state index is 0.0900. The van der Waals surface area contributed by atoms with Crippen LogP contribution in [-0.2, 0) is 9.53 Å². The molecule has 0 aliphatic heterocycles. The van der Waals surface area contributed by atoms with Gasteiger partial charge in [-0.2, -0.15) is 0 Å². The van der Waals surface area contributed by atoms with E-state index in [1.54, 1.807) is 0 Å². The fourth-order valence-electron chi connectivity index (χ4n) is 1.97. The molecular formula is C21H34O2. The maximum absolute atomic E-state index is 11.1. The molecule has 2 nitrogen and oxygen atoms in total. The highest BCUT2D eigenvalue weighted by molar-refractivity contribution is 5.69. The van der Waals surface area contributed by atoms with Crippen LogP contribution >= 0.6 is 0 Å². The lowest BCUT2D eigenvalue weighted by Gasteiger charge is -1.98. The molecule has 2 heteroatoms. The van der Waals surface area contributed by atoms with E-state index in [0.717, 1.165) is 32.1 Å². The number of hydrogen-bond donors (Lipinski definition) is 0. The van der Waals surface area contributed by atoms with Crippen molar-refractivity contribution in [2.45, 2.75) is 71.6 Å². The lowest BCUT2D eigenvalue weighted by molar-refractivity contribution is -0.143. The molecule has 0 fully saturated rings. The molecule has 0 aliphatic carbocycles. The highest BCUT2D eigenvalue weighted by Crippen LogP contribution is 2.01. The van der Waals surface area contributed by atoms with Gasteiger partial charge in [0.05, 0.1) is 6.61 Å². The monoisotopic (exact) mass is 318 g/mol. The number of carbonyl (C=O) groups is 1. The topological polar surface area (TPSA) is 26.3 Å². The van der Waals surface area contributed by atoms with Crippen molar-refractivity contribution in [1.29, 1.82) is 0 Å². The van der Waals surface area contributed by atoms with E-state index in [1.165, 1.54) is 19.3 Å². The predicted molar refractivity (Wildman–Crippen MR) is 100 cm³/mol. The quantitative estimate of drug-likeness (QED) is 0.213. The van der Waals surface area contributed by atoms with Gasteiger partial charge in [-0.15, -0.1) is 0 Å². The standard InChI is InChI=1S/C21H34O2/c1-3-5-6-7-8-9-10-11-12-13-14-15-16-17-18-19-20-21(22)23-4-2/h7-8,10-11,13-14,16-17H,3-6,9,12,15,18-20H2,1-2H3/b8-7-,11-10-,14-13-,17-16-. The van der Waals surface area contributed by atoms with Crippen molar-refractivity contribution in [3.8, 4) is 0 Å². The predicted octanol–water partition coefficient (Wildman–Crippen LogP) is 6.31. The zero-order valence-corrected chi connectivity index (χ0v) is 15.0. The summed E-state index contributed by atoms with van der Waals surface area (Å²) in [5, 5.41) is 0. The van der Waals surface area contributed by atoms with Crippen molar-refractivity contribution in [3.05, 3.63) is 48.6 Å². The molecule has 0 N–H and O–H groups in total. The summed E-state index contributed by atoms with van der Waals surface area (Å²) in [5.41, 5.74) is 0. The zero-order valence-electron chi connectivity index (χ0n) is 15.0. The van der Waals surface area contributed by atoms with Crippen LogP contribution in [0.3, 0.4) is 0 Å². The molecule has 130 valence electrons. The minimum atomic E-state index is -0.0900. The number of allylic oxidation sites excluding steroid dienone is 8. The number of ether oxygens (including phenoxy) is 1. The highest BCUT2D eigenvalue weighted by atomic mass is 16.5. The second-order valence-electron chi connectivity index (χ2n) is 5.43. The molecule has 0 aliphatic rings. The van der Waals surface area contributed by atoms with Crippen molar-refractivity contribution in [2.75, 3.05) is 6.61 Å². The van der Waals surface area contributed by atoms with E-state index in [0.29, 0.717) is 13.0 Å². The minimum Gasteiger partial charge on any atom is -0.466 e. The normalized spacial score (nSPS) is 12.3. The molecule has 0 amide bonds. The molecule has 0 aromatic heterocycles. The average molecular weight is 319 g/mol. The average Bonchev–Trinajstić information content (AvgIpc) is 2.54. The molecule has 0 unspecified atom stereocenters. The Hall–Kier alpha value is -1.57. The van der Waals surface area contributed by atoms with E-state index >= 15 is 0 Å². The van der Waals surface area contributed by atoms with Gasteiger partial charge < -0.3 is 4.74 Å². The van der Waals surface area contributed by atoms with Crippen molar-refractivity contribution in [3.63, 3.8) is 0 Å². The second kappa shape index (κ2) is 18.5. The van der Waals surface area contributed by atoms with Crippen molar-refractivity contribution >= 4 is 5.97 Å². The molecular weight excluding hydrogens is 284 g/mol. The van der Waals surface area contributed by atoms with Crippen LogP contribution in [0.4, 0.5) is 0 Å². The van der Waals surface area contributed by atoms with Crippen LogP contribution in [0.25, 0.3) is 0 Å². The van der Waals surface area contributed by atoms with Crippen molar-refractivity contribution < 1.29 is 9.53 Å². The number of carbonyl (C=O) groups excluding carboxylic acids is 1. The Morgan fingerprint density at radius 1 is 0.739 bits per heavy atom. The largest absolute Gasteiger partial charge is 0.466 e. The maximum atomic E-state index is 11.1. The molecule has 0 heterocycles. The van der Waals surface area contributed by atoms with E-state index in [9.17, 15) is 4.79 Å². The van der Waals surface area contributed by atoms with Crippen LogP contribution in [0.15, 0.2) is 48.6 Å². The Balaban J connectivity index is 3.44. The van der Waals surface area contributed by atoms with Crippen molar-refractivity contribution in [2.24, 2.45) is 0 Å². The van der Waals surface area contributed by atoms with Crippen LogP contribution in [0.5, 0.6) is 0 Å². The third-order valence-electron chi connectivity index (χ3n) is 3.26. The number of hydrogen-bond acceptors (Lipinski definition) is 2. The molecule has 0 saturated heterocycles. The third-order valence-corrected chi connectivity index (χ3v) is 3.26. The van der Waals surface area contributed by atoms with Gasteiger partial charge in [0.2, 0.25) is 0 Å². The van der Waals surface area contributed by atoms with Crippen molar-refractivity contribution in [1.82, 2.24) is 0 Å². The third kappa shape index (κ3) is 18.4. The summed E-state index contributed by atoms with van der Waals surface area (Å²) in [6.07, 6.45) is 26.7. The Kier molecular flexibility index (Phi) is 17.2. The summed E-state index contributed by atoms with van der Waals surface area (Å²) in [7, 11) is 0. The highest BCUT2D eigenvalue weighted by Gasteiger charge is 1.98. The van der Waals surface area contributed by atoms with Gasteiger partial charge in [-0.05, 0) is 45.4 Å². The van der Waals surface area contributed by atoms with Crippen LogP contribution in [0.1, 0.15) is 71.6 Å². The first-order chi connectivity index (χ1) is 11.3. The SMILES string of the molecule is CCCC/C=C\C/C=C\C/C=C\C/C=C\CCCC(=O)OCC. The lowest BCUT2D eigenvalue weighted by atomic mass is 10.2. The fourth-order valence-corrected chi connectivity index (χ4v) is 1.97. The number of unbranched alkanes of at least 4 members (excludes halogenated alkanes) is 3. The molecule has 0 atom stereocenters. The molecule has 0 radical (unpaired) electrons. The lowest BCUT2D eigenvalue weighted by Crippen LogP contribution is -2.02. The second-order valence-corrected chi connectivity index (χ2v) is 5.43. The van der Waals surface area contributed by atoms with Gasteiger partial charge in [-0.1, -0.05) is 68.4 Å². The summed E-state index contributed by atoms with van der Waals surface area (Å²) in [4.78, 5) is 11.1. The molecule has 0 rings (SSSR count). The van der Waals surface area contributed by atoms with E-state index in [2.05, 4.69) is 55.5 Å². The van der Waals surface area contributed by atoms with E-state index < -0.39 is 0 Å². The summed E-state index contributed by atoms with van der Waals surface area (Å²) < 4.78 is 4.88. The molecule has 0 aromatic rings. The van der Waals surface area contributed by atoms with Gasteiger partial charge in [-0.3, -0.25) is 4.79 Å². The first-order valence-electron chi connectivity index (χ1n) is 9.06. The molecule has 0 saturated carbocycles. The zero-order chi connectivity index (χ0) is 17.0. The summed E-state index contributed by atoms with van der Waals surface area (Å²) in [6.45, 7) is 4.53. The molecule has 0 spiro atoms. The number of esters is 1. The fraction of sp³-hybridized carbons (Fsp3) is 0.571. The van der Waals surface area contributed by atoms with Gasteiger partial charge in [0, 0.05) is 6.42 Å². The number of rotatable bonds is 14. The maximum Gasteiger partial charge on any atom is 0.305 e. The summed E-state index contributed by atoms with van der Waals surface area (Å²) >= 11 is 0. The van der Waals surface area contributed by atoms with Crippen LogP contribution in [0, 0.1) is 0 Å². The molecule has 0 aromatic carbocycles. The van der Waals surface area contributed by atoms with Gasteiger partial charge in [0.1, 0.15) is 0 Å². The smallest absolute Gasteiger partial charge is 0.305 e. The van der Waals surface area contributed by atoms with Crippen LogP contribution in [0.2, 0.25) is 0 Å². The van der Waals surface area contributed by atoms with Gasteiger partial charge >= 0.3 is 5.97 Å². The first-order valence-corrected chi connectivity index (χ1v) is 9.06. The Bertz CT molecular complexity index is 375. The van der Waals surface area contributed by atoms with E-state index in [4.69, 9.17) is 4.74 Å². The van der Waals surface area contributed by atoms with Crippen LogP contribution < -0.4 is 0 Å². The Morgan fingerprint density at radius 3 is 1.70 bits per heavy atom. The Labute approximate surface area is 143 Å². The van der Waals surface area contributed by atoms with Gasteiger partial charge in [-0.25, -0.2) is 0 Å². The molecule has 23 heavy (non-hydrogen) atoms. The summed E-state index contributed by atoms with van der Waals surface area (Å²) in [6, 6.07) is 0. The van der Waals surface area contributed by atoms with E-state index in [1.807, 2.05) is 6.92 Å². The molecule has 0 bridgehead atoms. The van der Waals surface area contributed by atoms with Gasteiger partial charge in [0.15, 0.2) is 0 Å². The van der Waals surface area contributed by atoms with Crippen LogP contribution in [-0.4, -0.2) is 12.6 Å². The Morgan fingerprint density at radius 2 is 1.22 bits per heavy atom. The summed E-state index contributed by atoms with van der Waals surface area (Å²) in [5.74, 6) is -0.0900.